The minimum atomic E-state index is -3.83. The van der Waals surface area contributed by atoms with E-state index in [0.29, 0.717) is 13.2 Å². The third-order valence-corrected chi connectivity index (χ3v) is 1.89. The van der Waals surface area contributed by atoms with Crippen LogP contribution in [0.25, 0.3) is 0 Å². The summed E-state index contributed by atoms with van der Waals surface area (Å²) in [6.07, 6.45) is -0.225. The molecule has 0 aromatic carbocycles. The van der Waals surface area contributed by atoms with Crippen molar-refractivity contribution in [2.45, 2.75) is 6.10 Å². The van der Waals surface area contributed by atoms with E-state index < -0.39 is 10.3 Å². The van der Waals surface area contributed by atoms with E-state index >= 15 is 0 Å². The zero-order chi connectivity index (χ0) is 9.03. The van der Waals surface area contributed by atoms with Gasteiger partial charge in [-0.1, -0.05) is 0 Å². The minimum Gasteiger partial charge on any atom is -0.373 e. The molecular weight excluding hydrogens is 184 g/mol. The predicted molar refractivity (Wildman–Crippen MR) is 41.7 cm³/mol. The Kier molecular flexibility index (Phi) is 3.41. The largest absolute Gasteiger partial charge is 0.373 e. The molecule has 1 heterocycles. The Morgan fingerprint density at radius 3 is 2.92 bits per heavy atom. The first-order valence-electron chi connectivity index (χ1n) is 3.57. The van der Waals surface area contributed by atoms with Gasteiger partial charge in [-0.15, -0.1) is 0 Å². The summed E-state index contributed by atoms with van der Waals surface area (Å²) in [4.78, 5) is 0. The van der Waals surface area contributed by atoms with Crippen LogP contribution in [0.5, 0.6) is 0 Å². The number of hydrogen-bond donors (Lipinski definition) is 2. The molecule has 1 atom stereocenters. The van der Waals surface area contributed by atoms with Gasteiger partial charge in [-0.2, -0.15) is 8.42 Å². The Bertz CT molecular complexity index is 222. The quantitative estimate of drug-likeness (QED) is 0.555. The van der Waals surface area contributed by atoms with E-state index in [0.717, 1.165) is 6.54 Å². The molecular formula is C5H12N2O4S. The molecule has 0 amide bonds. The van der Waals surface area contributed by atoms with E-state index in [1.165, 1.54) is 0 Å². The first-order valence-corrected chi connectivity index (χ1v) is 5.04. The average molecular weight is 196 g/mol. The average Bonchev–Trinajstić information content (AvgIpc) is 2.02. The number of nitrogens with one attached hydrogen (secondary N) is 1. The topological polar surface area (TPSA) is 90.7 Å². The zero-order valence-electron chi connectivity index (χ0n) is 6.52. The first-order chi connectivity index (χ1) is 5.58. The molecule has 3 N–H and O–H groups in total. The molecule has 0 bridgehead atoms. The van der Waals surface area contributed by atoms with Crippen molar-refractivity contribution in [2.75, 3.05) is 26.3 Å². The highest BCUT2D eigenvalue weighted by Gasteiger charge is 2.15. The van der Waals surface area contributed by atoms with E-state index in [1.54, 1.807) is 0 Å². The lowest BCUT2D eigenvalue weighted by molar-refractivity contribution is 0.00159. The molecule has 1 aliphatic rings. The van der Waals surface area contributed by atoms with E-state index in [4.69, 9.17) is 4.74 Å². The Morgan fingerprint density at radius 2 is 2.42 bits per heavy atom. The van der Waals surface area contributed by atoms with Gasteiger partial charge in [0.05, 0.1) is 19.3 Å². The normalized spacial score (nSPS) is 25.6. The molecule has 1 saturated heterocycles. The van der Waals surface area contributed by atoms with Gasteiger partial charge in [0.25, 0.3) is 0 Å². The predicted octanol–water partition coefficient (Wildman–Crippen LogP) is -1.81. The number of ether oxygens (including phenoxy) is 1. The van der Waals surface area contributed by atoms with Gasteiger partial charge in [-0.25, -0.2) is 5.14 Å². The van der Waals surface area contributed by atoms with E-state index in [2.05, 4.69) is 14.6 Å². The monoisotopic (exact) mass is 196 g/mol. The lowest BCUT2D eigenvalue weighted by atomic mass is 10.3. The van der Waals surface area contributed by atoms with E-state index in [-0.39, 0.29) is 12.7 Å². The fourth-order valence-corrected chi connectivity index (χ4v) is 1.24. The van der Waals surface area contributed by atoms with Crippen LogP contribution in [0.2, 0.25) is 0 Å². The van der Waals surface area contributed by atoms with Gasteiger partial charge >= 0.3 is 10.3 Å². The first kappa shape index (κ1) is 9.87. The van der Waals surface area contributed by atoms with Crippen molar-refractivity contribution >= 4 is 10.3 Å². The standard InChI is InChI=1S/C5H12N2O4S/c6-12(8,9)11-4-5-3-7-1-2-10-5/h5,7H,1-4H2,(H2,6,8,9). The molecule has 1 aliphatic heterocycles. The Hall–Kier alpha value is -0.210. The molecule has 0 saturated carbocycles. The third-order valence-electron chi connectivity index (χ3n) is 1.42. The lowest BCUT2D eigenvalue weighted by Gasteiger charge is -2.22. The Morgan fingerprint density at radius 1 is 1.67 bits per heavy atom. The van der Waals surface area contributed by atoms with Crippen LogP contribution in [0.15, 0.2) is 0 Å². The maximum Gasteiger partial charge on any atom is 0.333 e. The van der Waals surface area contributed by atoms with Gasteiger partial charge in [0.2, 0.25) is 0 Å². The van der Waals surface area contributed by atoms with Crippen LogP contribution in [0.4, 0.5) is 0 Å². The molecule has 0 aliphatic carbocycles. The van der Waals surface area contributed by atoms with Crippen molar-refractivity contribution in [3.05, 3.63) is 0 Å². The molecule has 1 unspecified atom stereocenters. The van der Waals surface area contributed by atoms with Crippen LogP contribution < -0.4 is 10.5 Å². The van der Waals surface area contributed by atoms with Gasteiger partial charge in [0.1, 0.15) is 0 Å². The fraction of sp³-hybridized carbons (Fsp3) is 1.00. The highest BCUT2D eigenvalue weighted by molar-refractivity contribution is 7.84. The molecule has 0 radical (unpaired) electrons. The summed E-state index contributed by atoms with van der Waals surface area (Å²) >= 11 is 0. The van der Waals surface area contributed by atoms with Crippen LogP contribution in [-0.4, -0.2) is 40.8 Å². The molecule has 0 spiro atoms. The molecule has 1 fully saturated rings. The van der Waals surface area contributed by atoms with Gasteiger partial charge in [-0.05, 0) is 0 Å². The highest BCUT2D eigenvalue weighted by atomic mass is 32.2. The molecule has 7 heteroatoms. The summed E-state index contributed by atoms with van der Waals surface area (Å²) in [5.74, 6) is 0. The molecule has 0 aromatic heterocycles. The van der Waals surface area contributed by atoms with Gasteiger partial charge in [-0.3, -0.25) is 4.18 Å². The second kappa shape index (κ2) is 4.15. The van der Waals surface area contributed by atoms with Crippen LogP contribution in [-0.2, 0) is 19.2 Å². The van der Waals surface area contributed by atoms with Gasteiger partial charge in [0, 0.05) is 13.1 Å². The maximum absolute atomic E-state index is 10.4. The second-order valence-corrected chi connectivity index (χ2v) is 3.70. The smallest absolute Gasteiger partial charge is 0.333 e. The number of hydrogen-bond acceptors (Lipinski definition) is 5. The van der Waals surface area contributed by atoms with Crippen molar-refractivity contribution in [3.63, 3.8) is 0 Å². The summed E-state index contributed by atoms with van der Waals surface area (Å²) in [5, 5.41) is 7.66. The lowest BCUT2D eigenvalue weighted by Crippen LogP contribution is -2.41. The Balaban J connectivity index is 2.22. The fourth-order valence-electron chi connectivity index (χ4n) is 0.898. The van der Waals surface area contributed by atoms with Crippen molar-refractivity contribution in [1.82, 2.24) is 5.32 Å². The van der Waals surface area contributed by atoms with Gasteiger partial charge < -0.3 is 10.1 Å². The molecule has 12 heavy (non-hydrogen) atoms. The SMILES string of the molecule is NS(=O)(=O)OCC1CNCCO1. The van der Waals surface area contributed by atoms with E-state index in [9.17, 15) is 8.42 Å². The summed E-state index contributed by atoms with van der Waals surface area (Å²) in [6.45, 7) is 1.92. The summed E-state index contributed by atoms with van der Waals surface area (Å²) in [6, 6.07) is 0. The zero-order valence-corrected chi connectivity index (χ0v) is 7.34. The second-order valence-electron chi connectivity index (χ2n) is 2.47. The highest BCUT2D eigenvalue weighted by Crippen LogP contribution is 1.97. The minimum absolute atomic E-state index is 0.0220. The Labute approximate surface area is 71.3 Å². The number of nitrogens with two attached hydrogens (primary N) is 1. The molecule has 1 rings (SSSR count). The summed E-state index contributed by atoms with van der Waals surface area (Å²) in [7, 11) is -3.83. The van der Waals surface area contributed by atoms with Crippen molar-refractivity contribution < 1.29 is 17.3 Å². The van der Waals surface area contributed by atoms with Crippen molar-refractivity contribution in [3.8, 4) is 0 Å². The number of morpholine rings is 1. The third kappa shape index (κ3) is 3.98. The van der Waals surface area contributed by atoms with Crippen LogP contribution in [0, 0.1) is 0 Å². The molecule has 0 aromatic rings. The summed E-state index contributed by atoms with van der Waals surface area (Å²) in [5.41, 5.74) is 0. The van der Waals surface area contributed by atoms with Crippen molar-refractivity contribution in [1.29, 1.82) is 0 Å². The molecule has 6 nitrogen and oxygen atoms in total. The maximum atomic E-state index is 10.4. The van der Waals surface area contributed by atoms with E-state index in [1.807, 2.05) is 0 Å². The summed E-state index contributed by atoms with van der Waals surface area (Å²) < 4.78 is 30.2. The molecule has 72 valence electrons. The van der Waals surface area contributed by atoms with Gasteiger partial charge in [0.15, 0.2) is 0 Å². The van der Waals surface area contributed by atoms with Crippen molar-refractivity contribution in [2.24, 2.45) is 5.14 Å². The van der Waals surface area contributed by atoms with Crippen LogP contribution in [0.1, 0.15) is 0 Å². The van der Waals surface area contributed by atoms with Crippen LogP contribution in [0.3, 0.4) is 0 Å². The van der Waals surface area contributed by atoms with Crippen LogP contribution >= 0.6 is 0 Å². The number of rotatable bonds is 3.